The monoisotopic (exact) mass is 289 g/mol. The summed E-state index contributed by atoms with van der Waals surface area (Å²) in [6, 6.07) is 8.11. The molecule has 1 radical (unpaired) electrons. The van der Waals surface area contributed by atoms with Gasteiger partial charge in [-0.15, -0.1) is 12.4 Å². The van der Waals surface area contributed by atoms with Crippen molar-refractivity contribution in [2.24, 2.45) is 5.73 Å². The van der Waals surface area contributed by atoms with Crippen LogP contribution in [-0.4, -0.2) is 15.7 Å². The predicted molar refractivity (Wildman–Crippen MR) is 55.7 cm³/mol. The number of carbonyl (C=O) groups is 1. The summed E-state index contributed by atoms with van der Waals surface area (Å²) in [6.07, 6.45) is 3.27. The molecular formula is C11H10N3OY-. The maximum atomic E-state index is 11.0. The average Bonchev–Trinajstić information content (AvgIpc) is 2.71. The van der Waals surface area contributed by atoms with Crippen LogP contribution >= 0.6 is 0 Å². The number of benzene rings is 1. The van der Waals surface area contributed by atoms with Crippen molar-refractivity contribution in [1.82, 2.24) is 9.78 Å². The minimum atomic E-state index is -0.438. The van der Waals surface area contributed by atoms with Crippen molar-refractivity contribution in [2.75, 3.05) is 0 Å². The third-order valence-electron chi connectivity index (χ3n) is 2.19. The van der Waals surface area contributed by atoms with Crippen LogP contribution in [0.1, 0.15) is 15.9 Å². The van der Waals surface area contributed by atoms with Gasteiger partial charge in [0, 0.05) is 38.3 Å². The molecule has 0 spiro atoms. The molecule has 1 heterocycles. The van der Waals surface area contributed by atoms with Gasteiger partial charge in [-0.3, -0.25) is 9.48 Å². The molecular weight excluding hydrogens is 279 g/mol. The van der Waals surface area contributed by atoms with E-state index in [-0.39, 0.29) is 32.7 Å². The van der Waals surface area contributed by atoms with E-state index in [2.05, 4.69) is 11.2 Å². The summed E-state index contributed by atoms with van der Waals surface area (Å²) in [4.78, 5) is 11.0. The zero-order valence-electron chi connectivity index (χ0n) is 8.84. The van der Waals surface area contributed by atoms with Crippen LogP contribution in [0.2, 0.25) is 0 Å². The van der Waals surface area contributed by atoms with Gasteiger partial charge in [0.05, 0.1) is 5.69 Å². The van der Waals surface area contributed by atoms with Gasteiger partial charge < -0.3 is 11.8 Å². The first-order valence-corrected chi connectivity index (χ1v) is 4.50. The van der Waals surface area contributed by atoms with E-state index in [0.29, 0.717) is 5.56 Å². The number of hydrogen-bond acceptors (Lipinski definition) is 2. The number of primary amides is 1. The molecule has 0 fully saturated rings. The Morgan fingerprint density at radius 2 is 2.25 bits per heavy atom. The molecule has 0 saturated carbocycles. The first-order valence-electron chi connectivity index (χ1n) is 4.50. The Bertz CT molecular complexity index is 494. The molecule has 1 amide bonds. The molecule has 2 rings (SSSR count). The molecule has 1 aromatic carbocycles. The van der Waals surface area contributed by atoms with Crippen LogP contribution in [-0.2, 0) is 32.7 Å². The molecule has 1 aromatic heterocycles. The fourth-order valence-corrected chi connectivity index (χ4v) is 1.37. The summed E-state index contributed by atoms with van der Waals surface area (Å²) in [5.41, 5.74) is 7.55. The van der Waals surface area contributed by atoms with Gasteiger partial charge in [0.1, 0.15) is 0 Å². The van der Waals surface area contributed by atoms with Crippen molar-refractivity contribution in [3.05, 3.63) is 47.8 Å². The smallest absolute Gasteiger partial charge is 0.248 e. The number of aromatic nitrogens is 2. The van der Waals surface area contributed by atoms with E-state index in [1.54, 1.807) is 29.2 Å². The zero-order valence-corrected chi connectivity index (χ0v) is 11.7. The molecule has 0 aliphatic heterocycles. The predicted octanol–water partition coefficient (Wildman–Crippen LogP) is 1.08. The van der Waals surface area contributed by atoms with Crippen molar-refractivity contribution in [2.45, 2.75) is 6.92 Å². The molecule has 0 aliphatic rings. The summed E-state index contributed by atoms with van der Waals surface area (Å²) >= 11 is 0. The van der Waals surface area contributed by atoms with Gasteiger partial charge in [-0.25, -0.2) is 5.10 Å². The largest absolute Gasteiger partial charge is 0.432 e. The first kappa shape index (κ1) is 13.1. The van der Waals surface area contributed by atoms with Crippen molar-refractivity contribution >= 4 is 5.91 Å². The number of nitrogens with zero attached hydrogens (tertiary/aromatic N) is 2. The van der Waals surface area contributed by atoms with E-state index in [1.807, 2.05) is 13.0 Å². The quantitative estimate of drug-likeness (QED) is 0.841. The van der Waals surface area contributed by atoms with Gasteiger partial charge >= 0.3 is 0 Å². The van der Waals surface area contributed by atoms with Crippen LogP contribution in [0.3, 0.4) is 0 Å². The summed E-state index contributed by atoms with van der Waals surface area (Å²) in [6.45, 7) is 1.95. The Balaban J connectivity index is 0.00000128. The SMILES string of the molecule is Cc1ccc(C(N)=O)cc1-n1c[c-]cn1.[Y]. The summed E-state index contributed by atoms with van der Waals surface area (Å²) < 4.78 is 1.65. The Hall–Kier alpha value is -0.996. The molecule has 79 valence electrons. The van der Waals surface area contributed by atoms with E-state index in [9.17, 15) is 4.79 Å². The van der Waals surface area contributed by atoms with Gasteiger partial charge in [0.25, 0.3) is 0 Å². The number of carbonyl (C=O) groups excluding carboxylic acids is 1. The van der Waals surface area contributed by atoms with Gasteiger partial charge in [0.2, 0.25) is 5.91 Å². The van der Waals surface area contributed by atoms with Crippen LogP contribution < -0.4 is 5.73 Å². The number of rotatable bonds is 2. The number of amides is 1. The topological polar surface area (TPSA) is 60.9 Å². The van der Waals surface area contributed by atoms with Crippen molar-refractivity contribution < 1.29 is 37.5 Å². The molecule has 5 heteroatoms. The zero-order chi connectivity index (χ0) is 10.8. The van der Waals surface area contributed by atoms with Gasteiger partial charge in [-0.1, -0.05) is 6.07 Å². The van der Waals surface area contributed by atoms with Crippen molar-refractivity contribution in [1.29, 1.82) is 0 Å². The third kappa shape index (κ3) is 2.57. The summed E-state index contributed by atoms with van der Waals surface area (Å²) in [7, 11) is 0. The van der Waals surface area contributed by atoms with E-state index >= 15 is 0 Å². The summed E-state index contributed by atoms with van der Waals surface area (Å²) in [5.74, 6) is -0.438. The molecule has 0 saturated heterocycles. The minimum Gasteiger partial charge on any atom is -0.432 e. The molecule has 16 heavy (non-hydrogen) atoms. The number of nitrogens with two attached hydrogens (primary N) is 1. The molecule has 4 nitrogen and oxygen atoms in total. The maximum absolute atomic E-state index is 11.0. The number of hydrogen-bond donors (Lipinski definition) is 1. The Morgan fingerprint density at radius 3 is 2.81 bits per heavy atom. The van der Waals surface area contributed by atoms with Crippen LogP contribution in [0.5, 0.6) is 0 Å². The Morgan fingerprint density at radius 1 is 1.50 bits per heavy atom. The number of aryl methyl sites for hydroxylation is 1. The van der Waals surface area contributed by atoms with E-state index in [4.69, 9.17) is 5.73 Å². The molecule has 0 bridgehead atoms. The van der Waals surface area contributed by atoms with Gasteiger partial charge in [0.15, 0.2) is 0 Å². The summed E-state index contributed by atoms with van der Waals surface area (Å²) in [5, 5.41) is 4.06. The van der Waals surface area contributed by atoms with Crippen LogP contribution in [0, 0.1) is 13.0 Å². The average molecular weight is 289 g/mol. The molecule has 2 N–H and O–H groups in total. The van der Waals surface area contributed by atoms with Crippen molar-refractivity contribution in [3.8, 4) is 5.69 Å². The minimum absolute atomic E-state index is 0. The Kier molecular flexibility index (Phi) is 4.39. The van der Waals surface area contributed by atoms with Gasteiger partial charge in [-0.05, 0) is 24.6 Å². The second kappa shape index (κ2) is 5.37. The molecule has 0 aliphatic carbocycles. The van der Waals surface area contributed by atoms with Crippen LogP contribution in [0.15, 0.2) is 30.6 Å². The van der Waals surface area contributed by atoms with E-state index in [0.717, 1.165) is 11.3 Å². The fourth-order valence-electron chi connectivity index (χ4n) is 1.37. The second-order valence-corrected chi connectivity index (χ2v) is 3.25. The molecule has 2 aromatic rings. The van der Waals surface area contributed by atoms with Crippen LogP contribution in [0.4, 0.5) is 0 Å². The second-order valence-electron chi connectivity index (χ2n) is 3.25. The fraction of sp³-hybridized carbons (Fsp3) is 0.0909. The maximum Gasteiger partial charge on any atom is 0.248 e. The van der Waals surface area contributed by atoms with Gasteiger partial charge in [-0.2, -0.15) is 0 Å². The van der Waals surface area contributed by atoms with E-state index < -0.39 is 5.91 Å². The van der Waals surface area contributed by atoms with E-state index in [1.165, 1.54) is 0 Å². The van der Waals surface area contributed by atoms with Crippen molar-refractivity contribution in [3.63, 3.8) is 0 Å². The standard InChI is InChI=1S/C11H10N3O.Y/c1-8-3-4-9(11(12)15)7-10(8)14-6-2-5-13-14;/h3-7H,1H3,(H2,12,15);/q-1;. The molecule has 0 atom stereocenters. The first-order chi connectivity index (χ1) is 7.18. The Labute approximate surface area is 119 Å². The van der Waals surface area contributed by atoms with Crippen LogP contribution in [0.25, 0.3) is 5.69 Å². The normalized spacial score (nSPS) is 9.56. The third-order valence-corrected chi connectivity index (χ3v) is 2.19. The molecule has 0 unspecified atom stereocenters.